The van der Waals surface area contributed by atoms with Crippen molar-refractivity contribution < 1.29 is 9.84 Å². The molecule has 2 aromatic carbocycles. The van der Waals surface area contributed by atoms with E-state index in [0.717, 1.165) is 10.0 Å². The molecule has 0 saturated heterocycles. The summed E-state index contributed by atoms with van der Waals surface area (Å²) in [5, 5.41) is 11.3. The maximum Gasteiger partial charge on any atom is 0.139 e. The van der Waals surface area contributed by atoms with Gasteiger partial charge in [0.25, 0.3) is 0 Å². The van der Waals surface area contributed by atoms with Crippen LogP contribution in [0.4, 0.5) is 0 Å². The van der Waals surface area contributed by atoms with Gasteiger partial charge in [-0.15, -0.1) is 0 Å². The van der Waals surface area contributed by atoms with E-state index in [2.05, 4.69) is 15.9 Å². The fraction of sp³-hybridized carbons (Fsp3) is 0.200. The molecule has 0 saturated carbocycles. The molecule has 1 unspecified atom stereocenters. The van der Waals surface area contributed by atoms with Gasteiger partial charge in [0.1, 0.15) is 11.9 Å². The highest BCUT2D eigenvalue weighted by Gasteiger charge is 2.17. The van der Waals surface area contributed by atoms with Gasteiger partial charge < -0.3 is 9.84 Å². The van der Waals surface area contributed by atoms with Gasteiger partial charge in [-0.1, -0.05) is 51.3 Å². The van der Waals surface area contributed by atoms with Crippen LogP contribution >= 0.6 is 39.1 Å². The average Bonchev–Trinajstić information content (AvgIpc) is 2.43. The summed E-state index contributed by atoms with van der Waals surface area (Å²) in [5.41, 5.74) is 1.30. The molecule has 0 aliphatic carbocycles. The second kappa shape index (κ2) is 6.81. The number of halogens is 3. The molecule has 1 atom stereocenters. The predicted octanol–water partition coefficient (Wildman–Crippen LogP) is 5.24. The minimum atomic E-state index is -0.830. The largest absolute Gasteiger partial charge is 0.492 e. The highest BCUT2D eigenvalue weighted by Crippen LogP contribution is 2.36. The lowest BCUT2D eigenvalue weighted by atomic mass is 10.0. The van der Waals surface area contributed by atoms with E-state index in [1.165, 1.54) is 0 Å². The van der Waals surface area contributed by atoms with Gasteiger partial charge in [0, 0.05) is 16.1 Å². The molecule has 2 nitrogen and oxygen atoms in total. The molecule has 2 aromatic rings. The quantitative estimate of drug-likeness (QED) is 0.792. The van der Waals surface area contributed by atoms with Crippen molar-refractivity contribution in [2.24, 2.45) is 0 Å². The third-order valence-electron chi connectivity index (χ3n) is 2.83. The van der Waals surface area contributed by atoms with Crippen molar-refractivity contribution in [3.63, 3.8) is 0 Å². The zero-order chi connectivity index (χ0) is 14.7. The first-order chi connectivity index (χ1) is 9.52. The summed E-state index contributed by atoms with van der Waals surface area (Å²) in [4.78, 5) is 0. The van der Waals surface area contributed by atoms with Crippen molar-refractivity contribution in [1.82, 2.24) is 0 Å². The smallest absolute Gasteiger partial charge is 0.139 e. The van der Waals surface area contributed by atoms with Crippen LogP contribution in [-0.2, 0) is 0 Å². The number of hydrogen-bond donors (Lipinski definition) is 1. The van der Waals surface area contributed by atoms with E-state index < -0.39 is 6.10 Å². The van der Waals surface area contributed by atoms with Gasteiger partial charge in [-0.25, -0.2) is 0 Å². The summed E-state index contributed by atoms with van der Waals surface area (Å²) in [6.45, 7) is 2.37. The molecule has 2 rings (SSSR count). The van der Waals surface area contributed by atoms with Crippen molar-refractivity contribution >= 4 is 39.1 Å². The number of rotatable bonds is 4. The first kappa shape index (κ1) is 15.6. The van der Waals surface area contributed by atoms with E-state index in [4.69, 9.17) is 27.9 Å². The minimum Gasteiger partial charge on any atom is -0.492 e. The van der Waals surface area contributed by atoms with Crippen LogP contribution in [0.5, 0.6) is 5.75 Å². The zero-order valence-corrected chi connectivity index (χ0v) is 13.8. The number of aliphatic hydroxyl groups excluding tert-OH is 1. The lowest BCUT2D eigenvalue weighted by molar-refractivity contribution is 0.220. The van der Waals surface area contributed by atoms with Crippen LogP contribution in [0.25, 0.3) is 0 Å². The van der Waals surface area contributed by atoms with E-state index in [1.54, 1.807) is 12.1 Å². The van der Waals surface area contributed by atoms with E-state index in [-0.39, 0.29) is 0 Å². The number of benzene rings is 2. The van der Waals surface area contributed by atoms with E-state index in [1.807, 2.05) is 31.2 Å². The molecule has 0 aliphatic rings. The minimum absolute atomic E-state index is 0.424. The Kier molecular flexibility index (Phi) is 5.33. The van der Waals surface area contributed by atoms with Crippen molar-refractivity contribution in [1.29, 1.82) is 0 Å². The Bertz CT molecular complexity index is 600. The predicted molar refractivity (Wildman–Crippen MR) is 85.8 cm³/mol. The normalized spacial score (nSPS) is 12.2. The van der Waals surface area contributed by atoms with E-state index in [0.29, 0.717) is 28.0 Å². The van der Waals surface area contributed by atoms with Gasteiger partial charge in [-0.3, -0.25) is 0 Å². The summed E-state index contributed by atoms with van der Waals surface area (Å²) in [6.07, 6.45) is -0.830. The molecular formula is C15H13BrCl2O2. The molecule has 20 heavy (non-hydrogen) atoms. The number of ether oxygens (including phenoxy) is 1. The van der Waals surface area contributed by atoms with Gasteiger partial charge in [-0.05, 0) is 30.7 Å². The van der Waals surface area contributed by atoms with Gasteiger partial charge in [0.05, 0.1) is 16.7 Å². The third-order valence-corrected chi connectivity index (χ3v) is 3.98. The van der Waals surface area contributed by atoms with Gasteiger partial charge in [0.15, 0.2) is 0 Å². The molecule has 0 radical (unpaired) electrons. The van der Waals surface area contributed by atoms with Crippen LogP contribution in [0.15, 0.2) is 40.9 Å². The lowest BCUT2D eigenvalue weighted by Crippen LogP contribution is -2.02. The third kappa shape index (κ3) is 3.47. The van der Waals surface area contributed by atoms with Gasteiger partial charge >= 0.3 is 0 Å². The van der Waals surface area contributed by atoms with Crippen LogP contribution in [0.3, 0.4) is 0 Å². The van der Waals surface area contributed by atoms with Crippen molar-refractivity contribution in [3.8, 4) is 5.75 Å². The van der Waals surface area contributed by atoms with Crippen LogP contribution in [0.1, 0.15) is 24.2 Å². The summed E-state index contributed by atoms with van der Waals surface area (Å²) >= 11 is 15.7. The molecule has 0 amide bonds. The highest BCUT2D eigenvalue weighted by molar-refractivity contribution is 9.10. The Morgan fingerprint density at radius 3 is 2.40 bits per heavy atom. The molecule has 5 heteroatoms. The Balaban J connectivity index is 2.37. The summed E-state index contributed by atoms with van der Waals surface area (Å²) in [6, 6.07) is 10.7. The van der Waals surface area contributed by atoms with Gasteiger partial charge in [0.2, 0.25) is 0 Å². The summed E-state index contributed by atoms with van der Waals surface area (Å²) in [5.74, 6) is 0.519. The number of hydrogen-bond acceptors (Lipinski definition) is 2. The average molecular weight is 376 g/mol. The Morgan fingerprint density at radius 1 is 1.15 bits per heavy atom. The SMILES string of the molecule is CCOc1cc(Cl)c(C(O)c2ccc(Br)cc2)cc1Cl. The first-order valence-electron chi connectivity index (χ1n) is 6.08. The van der Waals surface area contributed by atoms with Crippen molar-refractivity contribution in [2.45, 2.75) is 13.0 Å². The fourth-order valence-electron chi connectivity index (χ4n) is 1.84. The maximum absolute atomic E-state index is 10.4. The Hall–Kier alpha value is -0.740. The second-order valence-corrected chi connectivity index (χ2v) is 5.92. The molecule has 0 heterocycles. The lowest BCUT2D eigenvalue weighted by Gasteiger charge is -2.15. The Morgan fingerprint density at radius 2 is 1.80 bits per heavy atom. The molecule has 0 aliphatic heterocycles. The molecule has 0 fully saturated rings. The molecule has 106 valence electrons. The topological polar surface area (TPSA) is 29.5 Å². The molecule has 1 N–H and O–H groups in total. The summed E-state index contributed by atoms with van der Waals surface area (Å²) in [7, 11) is 0. The fourth-order valence-corrected chi connectivity index (χ4v) is 2.59. The van der Waals surface area contributed by atoms with Crippen LogP contribution < -0.4 is 4.74 Å². The molecule has 0 bridgehead atoms. The molecule has 0 spiro atoms. The molecule has 0 aromatic heterocycles. The molecular weight excluding hydrogens is 363 g/mol. The van der Waals surface area contributed by atoms with E-state index >= 15 is 0 Å². The maximum atomic E-state index is 10.4. The first-order valence-corrected chi connectivity index (χ1v) is 7.63. The highest BCUT2D eigenvalue weighted by atomic mass is 79.9. The summed E-state index contributed by atoms with van der Waals surface area (Å²) < 4.78 is 6.32. The van der Waals surface area contributed by atoms with Crippen LogP contribution in [0.2, 0.25) is 10.0 Å². The zero-order valence-electron chi connectivity index (χ0n) is 10.7. The second-order valence-electron chi connectivity index (χ2n) is 4.19. The Labute approximate surface area is 136 Å². The van der Waals surface area contributed by atoms with Crippen molar-refractivity contribution in [3.05, 3.63) is 62.0 Å². The van der Waals surface area contributed by atoms with Crippen LogP contribution in [-0.4, -0.2) is 11.7 Å². The van der Waals surface area contributed by atoms with E-state index in [9.17, 15) is 5.11 Å². The van der Waals surface area contributed by atoms with Gasteiger partial charge in [-0.2, -0.15) is 0 Å². The standard InChI is InChI=1S/C15H13BrCl2O2/c1-2-20-14-8-12(17)11(7-13(14)18)15(19)9-3-5-10(16)6-4-9/h3-8,15,19H,2H2,1H3. The number of aliphatic hydroxyl groups is 1. The van der Waals surface area contributed by atoms with Crippen LogP contribution in [0, 0.1) is 0 Å². The monoisotopic (exact) mass is 374 g/mol. The van der Waals surface area contributed by atoms with Crippen molar-refractivity contribution in [2.75, 3.05) is 6.61 Å².